The zero-order valence-electron chi connectivity index (χ0n) is 15.5. The summed E-state index contributed by atoms with van der Waals surface area (Å²) in [5.74, 6) is 0. The molecule has 0 nitrogen and oxygen atoms in total. The monoisotopic (exact) mass is 431 g/mol. The van der Waals surface area contributed by atoms with E-state index in [9.17, 15) is 0 Å². The van der Waals surface area contributed by atoms with Crippen LogP contribution in [0.4, 0.5) is 0 Å². The van der Waals surface area contributed by atoms with E-state index in [-0.39, 0.29) is 38.1 Å². The van der Waals surface area contributed by atoms with E-state index in [4.69, 9.17) is 6.58 Å². The molecule has 0 aliphatic heterocycles. The third-order valence-corrected chi connectivity index (χ3v) is 5.61. The first-order valence-electron chi connectivity index (χ1n) is 9.18. The van der Waals surface area contributed by atoms with Crippen molar-refractivity contribution in [3.63, 3.8) is 0 Å². The van der Waals surface area contributed by atoms with Crippen molar-refractivity contribution in [2.24, 2.45) is 0 Å². The molecule has 1 aliphatic carbocycles. The van der Waals surface area contributed by atoms with Gasteiger partial charge >= 0.3 is 0 Å². The quantitative estimate of drug-likeness (QED) is 0.295. The van der Waals surface area contributed by atoms with Crippen LogP contribution in [0.5, 0.6) is 0 Å². The summed E-state index contributed by atoms with van der Waals surface area (Å²) in [7, 11) is 0. The minimum absolute atomic E-state index is 0. The maximum Gasteiger partial charge on any atom is 0.0523 e. The molecule has 0 bridgehead atoms. The second-order valence-corrected chi connectivity index (χ2v) is 6.87. The molecule has 4 aromatic rings. The van der Waals surface area contributed by atoms with Gasteiger partial charge in [-0.25, -0.2) is 6.07 Å². The summed E-state index contributed by atoms with van der Waals surface area (Å²) in [6.45, 7) is 5.99. The van der Waals surface area contributed by atoms with Crippen molar-refractivity contribution in [1.82, 2.24) is 0 Å². The minimum atomic E-state index is -0.360. The van der Waals surface area contributed by atoms with Gasteiger partial charge in [0.1, 0.15) is 0 Å². The summed E-state index contributed by atoms with van der Waals surface area (Å²) in [6, 6.07) is 37.7. The summed E-state index contributed by atoms with van der Waals surface area (Å²) in [6.07, 6.45) is 1.67. The number of fused-ring (bicyclic) bond motifs is 3. The van der Waals surface area contributed by atoms with Crippen molar-refractivity contribution in [3.05, 3.63) is 138 Å². The molecular formula is C27H18Y-2. The van der Waals surface area contributed by atoms with Gasteiger partial charge in [-0.1, -0.05) is 90.5 Å². The van der Waals surface area contributed by atoms with Gasteiger partial charge < -0.3 is 12.7 Å². The van der Waals surface area contributed by atoms with Crippen LogP contribution in [0.3, 0.4) is 0 Å². The molecule has 0 saturated heterocycles. The van der Waals surface area contributed by atoms with E-state index < -0.39 is 0 Å². The van der Waals surface area contributed by atoms with Gasteiger partial charge in [0.05, 0.1) is 5.41 Å². The Morgan fingerprint density at radius 3 is 1.86 bits per heavy atom. The molecule has 0 N–H and O–H groups in total. The van der Waals surface area contributed by atoms with Gasteiger partial charge in [0.25, 0.3) is 0 Å². The van der Waals surface area contributed by atoms with Crippen LogP contribution in [0, 0.1) is 12.6 Å². The first-order valence-corrected chi connectivity index (χ1v) is 9.18. The Bertz CT molecular complexity index is 1090. The Kier molecular flexibility index (Phi) is 5.19. The predicted molar refractivity (Wildman–Crippen MR) is 111 cm³/mol. The third-order valence-electron chi connectivity index (χ3n) is 5.61. The molecule has 5 rings (SSSR count). The Morgan fingerprint density at radius 2 is 1.25 bits per heavy atom. The van der Waals surface area contributed by atoms with Crippen molar-refractivity contribution < 1.29 is 32.7 Å². The Labute approximate surface area is 191 Å². The van der Waals surface area contributed by atoms with E-state index >= 15 is 0 Å². The topological polar surface area (TPSA) is 0 Å². The van der Waals surface area contributed by atoms with E-state index in [0.29, 0.717) is 0 Å². The molecular weight excluding hydrogens is 413 g/mol. The first-order chi connectivity index (χ1) is 13.4. The second kappa shape index (κ2) is 7.62. The summed E-state index contributed by atoms with van der Waals surface area (Å²) < 4.78 is 0. The molecule has 0 saturated carbocycles. The van der Waals surface area contributed by atoms with Crippen LogP contribution >= 0.6 is 0 Å². The molecule has 0 heterocycles. The molecule has 0 amide bonds. The van der Waals surface area contributed by atoms with E-state index in [1.807, 2.05) is 6.07 Å². The molecule has 0 spiro atoms. The largest absolute Gasteiger partial charge is 0.344 e. The Hall–Kier alpha value is -2.28. The summed E-state index contributed by atoms with van der Waals surface area (Å²) in [4.78, 5) is 0. The molecule has 0 atom stereocenters. The summed E-state index contributed by atoms with van der Waals surface area (Å²) >= 11 is 0. The number of rotatable bonds is 3. The summed E-state index contributed by atoms with van der Waals surface area (Å²) in [5.41, 5.74) is 8.08. The van der Waals surface area contributed by atoms with E-state index in [2.05, 4.69) is 97.1 Å². The zero-order valence-corrected chi connectivity index (χ0v) is 18.3. The molecule has 0 aromatic heterocycles. The first kappa shape index (κ1) is 19.1. The number of hydrogen-bond acceptors (Lipinski definition) is 0. The smallest absolute Gasteiger partial charge is 0.0523 e. The van der Waals surface area contributed by atoms with Gasteiger partial charge in [-0.3, -0.25) is 5.56 Å². The van der Waals surface area contributed by atoms with Gasteiger partial charge in [0.2, 0.25) is 0 Å². The SMILES string of the molecule is [CH-]=Cc1[c-]ccc2c1-c1ccccc1C2(c1ccccc1)c1ccccc1.[Y]. The molecule has 28 heavy (non-hydrogen) atoms. The van der Waals surface area contributed by atoms with Crippen LogP contribution in [0.2, 0.25) is 0 Å². The fraction of sp³-hybridized carbons (Fsp3) is 0.0370. The van der Waals surface area contributed by atoms with Crippen molar-refractivity contribution in [2.45, 2.75) is 5.41 Å². The fourth-order valence-electron chi connectivity index (χ4n) is 4.59. The van der Waals surface area contributed by atoms with Gasteiger partial charge in [0.15, 0.2) is 0 Å². The number of hydrogen-bond donors (Lipinski definition) is 0. The van der Waals surface area contributed by atoms with E-state index in [1.165, 1.54) is 33.4 Å². The van der Waals surface area contributed by atoms with Crippen LogP contribution in [0.1, 0.15) is 27.8 Å². The van der Waals surface area contributed by atoms with Crippen molar-refractivity contribution in [2.75, 3.05) is 0 Å². The van der Waals surface area contributed by atoms with Crippen LogP contribution in [-0.4, -0.2) is 0 Å². The van der Waals surface area contributed by atoms with Crippen molar-refractivity contribution in [1.29, 1.82) is 0 Å². The van der Waals surface area contributed by atoms with Crippen LogP contribution < -0.4 is 0 Å². The van der Waals surface area contributed by atoms with E-state index in [0.717, 1.165) is 5.56 Å². The fourth-order valence-corrected chi connectivity index (χ4v) is 4.59. The Balaban J connectivity index is 0.00000192. The Morgan fingerprint density at radius 1 is 0.679 bits per heavy atom. The molecule has 1 heteroatoms. The molecule has 131 valence electrons. The van der Waals surface area contributed by atoms with Crippen LogP contribution in [0.15, 0.2) is 97.1 Å². The van der Waals surface area contributed by atoms with Gasteiger partial charge in [-0.05, 0) is 16.7 Å². The average molecular weight is 431 g/mol. The van der Waals surface area contributed by atoms with Crippen LogP contribution in [-0.2, 0) is 38.1 Å². The number of benzene rings is 4. The maximum absolute atomic E-state index is 5.99. The second-order valence-electron chi connectivity index (χ2n) is 6.87. The van der Waals surface area contributed by atoms with Crippen molar-refractivity contribution >= 4 is 6.08 Å². The predicted octanol–water partition coefficient (Wildman–Crippen LogP) is 6.29. The molecule has 4 aromatic carbocycles. The van der Waals surface area contributed by atoms with Crippen molar-refractivity contribution in [3.8, 4) is 11.1 Å². The zero-order chi connectivity index (χ0) is 18.3. The molecule has 1 radical (unpaired) electrons. The van der Waals surface area contributed by atoms with Crippen LogP contribution in [0.25, 0.3) is 17.2 Å². The normalized spacial score (nSPS) is 13.1. The molecule has 0 fully saturated rings. The minimum Gasteiger partial charge on any atom is -0.344 e. The molecule has 1 aliphatic rings. The third kappa shape index (κ3) is 2.59. The maximum atomic E-state index is 5.99. The standard InChI is InChI=1S/C27H18.Y/c1-2-20-12-11-19-25-26(20)23-17-9-10-18-24(23)27(25,21-13-5-3-6-14-21)22-15-7-4-8-16-22;/h1-11,13-19H;/q-2;. The summed E-state index contributed by atoms with van der Waals surface area (Å²) in [5, 5.41) is 0. The van der Waals surface area contributed by atoms with Gasteiger partial charge in [0, 0.05) is 32.7 Å². The van der Waals surface area contributed by atoms with E-state index in [1.54, 1.807) is 6.08 Å². The van der Waals surface area contributed by atoms with Gasteiger partial charge in [-0.15, -0.1) is 11.6 Å². The van der Waals surface area contributed by atoms with Gasteiger partial charge in [-0.2, -0.15) is 11.6 Å². The average Bonchev–Trinajstić information content (AvgIpc) is 3.06. The molecule has 0 unspecified atom stereocenters.